The van der Waals surface area contributed by atoms with Crippen LogP contribution < -0.4 is 4.74 Å². The lowest BCUT2D eigenvalue weighted by molar-refractivity contribution is -0.145. The number of carboxylic acids is 1. The van der Waals surface area contributed by atoms with Crippen LogP contribution in [0, 0.1) is 0 Å². The van der Waals surface area contributed by atoms with Crippen molar-refractivity contribution in [3.05, 3.63) is 46.5 Å². The molecule has 0 saturated carbocycles. The van der Waals surface area contributed by atoms with Crippen LogP contribution in [0.3, 0.4) is 0 Å². The number of ether oxygens (including phenoxy) is 1. The Bertz CT molecular complexity index is 759. The third kappa shape index (κ3) is 5.97. The summed E-state index contributed by atoms with van der Waals surface area (Å²) in [6.45, 7) is 4.50. The number of aliphatic hydroxyl groups excluding tert-OH is 1. The molecule has 0 amide bonds. The van der Waals surface area contributed by atoms with Gasteiger partial charge in [-0.05, 0) is 37.0 Å². The SMILES string of the molecule is CCCCc1nc(Cl)c(CO)n1Cc1ccc(OC(CCCC)C(=O)O)cc1. The number of carboxylic acid groups (broad SMARTS) is 1. The zero-order valence-corrected chi connectivity index (χ0v) is 17.3. The molecule has 1 heterocycles. The summed E-state index contributed by atoms with van der Waals surface area (Å²) in [6, 6.07) is 7.35. The zero-order chi connectivity index (χ0) is 20.5. The molecular formula is C21H29ClN2O4. The summed E-state index contributed by atoms with van der Waals surface area (Å²) in [5, 5.41) is 19.3. The summed E-state index contributed by atoms with van der Waals surface area (Å²) in [5.74, 6) is 0.449. The normalized spacial score (nSPS) is 12.1. The Balaban J connectivity index is 2.13. The molecule has 0 aliphatic rings. The smallest absolute Gasteiger partial charge is 0.344 e. The maximum absolute atomic E-state index is 11.3. The van der Waals surface area contributed by atoms with Crippen LogP contribution in [-0.2, 0) is 24.4 Å². The van der Waals surface area contributed by atoms with Gasteiger partial charge in [0.2, 0.25) is 0 Å². The molecule has 0 aliphatic carbocycles. The minimum atomic E-state index is -0.946. The van der Waals surface area contributed by atoms with E-state index in [-0.39, 0.29) is 6.61 Å². The number of hydrogen-bond donors (Lipinski definition) is 2. The van der Waals surface area contributed by atoms with Gasteiger partial charge in [0.25, 0.3) is 0 Å². The Morgan fingerprint density at radius 3 is 2.46 bits per heavy atom. The van der Waals surface area contributed by atoms with E-state index in [1.165, 1.54) is 0 Å². The summed E-state index contributed by atoms with van der Waals surface area (Å²) < 4.78 is 7.58. The molecular weight excluding hydrogens is 380 g/mol. The number of aromatic nitrogens is 2. The molecule has 7 heteroatoms. The molecule has 1 unspecified atom stereocenters. The van der Waals surface area contributed by atoms with E-state index in [4.69, 9.17) is 16.3 Å². The number of carbonyl (C=O) groups is 1. The van der Waals surface area contributed by atoms with Crippen molar-refractivity contribution >= 4 is 17.6 Å². The van der Waals surface area contributed by atoms with Gasteiger partial charge in [0.15, 0.2) is 11.3 Å². The first-order valence-corrected chi connectivity index (χ1v) is 10.2. The van der Waals surface area contributed by atoms with Gasteiger partial charge in [-0.25, -0.2) is 9.78 Å². The van der Waals surface area contributed by atoms with Crippen LogP contribution >= 0.6 is 11.6 Å². The predicted octanol–water partition coefficient (Wildman–Crippen LogP) is 4.44. The number of aryl methyl sites for hydroxylation is 1. The minimum Gasteiger partial charge on any atom is -0.479 e. The number of aliphatic hydroxyl groups is 1. The third-order valence-electron chi connectivity index (χ3n) is 4.64. The lowest BCUT2D eigenvalue weighted by Gasteiger charge is -2.15. The summed E-state index contributed by atoms with van der Waals surface area (Å²) in [4.78, 5) is 15.7. The van der Waals surface area contributed by atoms with Crippen molar-refractivity contribution in [1.29, 1.82) is 0 Å². The van der Waals surface area contributed by atoms with Crippen molar-refractivity contribution < 1.29 is 19.7 Å². The summed E-state index contributed by atoms with van der Waals surface area (Å²) >= 11 is 6.18. The molecule has 0 spiro atoms. The van der Waals surface area contributed by atoms with Crippen molar-refractivity contribution in [2.45, 2.75) is 71.6 Å². The van der Waals surface area contributed by atoms with E-state index in [0.717, 1.165) is 43.5 Å². The molecule has 154 valence electrons. The molecule has 1 aromatic heterocycles. The number of benzene rings is 1. The van der Waals surface area contributed by atoms with E-state index in [1.54, 1.807) is 12.1 Å². The molecule has 0 saturated heterocycles. The molecule has 1 atom stereocenters. The molecule has 6 nitrogen and oxygen atoms in total. The summed E-state index contributed by atoms with van der Waals surface area (Å²) in [7, 11) is 0. The third-order valence-corrected chi connectivity index (χ3v) is 4.95. The van der Waals surface area contributed by atoms with Gasteiger partial charge in [0, 0.05) is 13.0 Å². The Morgan fingerprint density at radius 2 is 1.89 bits per heavy atom. The Labute approximate surface area is 171 Å². The van der Waals surface area contributed by atoms with Crippen LogP contribution in [0.4, 0.5) is 0 Å². The van der Waals surface area contributed by atoms with Crippen molar-refractivity contribution in [1.82, 2.24) is 9.55 Å². The second kappa shape index (κ2) is 11.1. The van der Waals surface area contributed by atoms with E-state index in [1.807, 2.05) is 23.6 Å². The minimum absolute atomic E-state index is 0.170. The van der Waals surface area contributed by atoms with Gasteiger partial charge in [-0.15, -0.1) is 0 Å². The van der Waals surface area contributed by atoms with E-state index in [0.29, 0.717) is 29.6 Å². The molecule has 28 heavy (non-hydrogen) atoms. The molecule has 1 aromatic carbocycles. The Morgan fingerprint density at radius 1 is 1.21 bits per heavy atom. The highest BCUT2D eigenvalue weighted by atomic mass is 35.5. The van der Waals surface area contributed by atoms with Crippen LogP contribution in [0.1, 0.15) is 63.0 Å². The molecule has 2 rings (SSSR count). The van der Waals surface area contributed by atoms with Crippen molar-refractivity contribution in [2.24, 2.45) is 0 Å². The van der Waals surface area contributed by atoms with Gasteiger partial charge in [0.1, 0.15) is 11.6 Å². The molecule has 0 fully saturated rings. The summed E-state index contributed by atoms with van der Waals surface area (Å²) in [6.07, 6.45) is 4.23. The number of imidazole rings is 1. The Hall–Kier alpha value is -2.05. The fraction of sp³-hybridized carbons (Fsp3) is 0.524. The van der Waals surface area contributed by atoms with Gasteiger partial charge >= 0.3 is 5.97 Å². The fourth-order valence-electron chi connectivity index (χ4n) is 3.01. The first-order valence-electron chi connectivity index (χ1n) is 9.83. The standard InChI is InChI=1S/C21H29ClN2O4/c1-3-5-7-18(21(26)27)28-16-11-9-15(10-12-16)13-24-17(14-25)20(22)23-19(24)8-6-4-2/h9-12,18,25H,3-8,13-14H2,1-2H3,(H,26,27). The highest BCUT2D eigenvalue weighted by Crippen LogP contribution is 2.22. The number of aliphatic carboxylic acids is 1. The van der Waals surface area contributed by atoms with E-state index in [2.05, 4.69) is 11.9 Å². The van der Waals surface area contributed by atoms with Crippen molar-refractivity contribution in [3.63, 3.8) is 0 Å². The summed E-state index contributed by atoms with van der Waals surface area (Å²) in [5.41, 5.74) is 1.60. The van der Waals surface area contributed by atoms with Gasteiger partial charge in [-0.1, -0.05) is 50.4 Å². The van der Waals surface area contributed by atoms with Crippen LogP contribution in [0.2, 0.25) is 5.15 Å². The second-order valence-corrected chi connectivity index (χ2v) is 7.20. The largest absolute Gasteiger partial charge is 0.479 e. The zero-order valence-electron chi connectivity index (χ0n) is 16.5. The average Bonchev–Trinajstić information content (AvgIpc) is 2.98. The Kier molecular flexibility index (Phi) is 8.80. The molecule has 0 aliphatic heterocycles. The second-order valence-electron chi connectivity index (χ2n) is 6.84. The number of hydrogen-bond acceptors (Lipinski definition) is 4. The highest BCUT2D eigenvalue weighted by molar-refractivity contribution is 6.30. The number of rotatable bonds is 12. The maximum atomic E-state index is 11.3. The fourth-order valence-corrected chi connectivity index (χ4v) is 3.27. The van der Waals surface area contributed by atoms with Crippen LogP contribution in [-0.4, -0.2) is 31.8 Å². The lowest BCUT2D eigenvalue weighted by Crippen LogP contribution is -2.26. The van der Waals surface area contributed by atoms with Gasteiger partial charge in [-0.2, -0.15) is 0 Å². The number of nitrogens with zero attached hydrogens (tertiary/aromatic N) is 2. The topological polar surface area (TPSA) is 84.6 Å². The van der Waals surface area contributed by atoms with Crippen LogP contribution in [0.25, 0.3) is 0 Å². The lowest BCUT2D eigenvalue weighted by atomic mass is 10.1. The maximum Gasteiger partial charge on any atom is 0.344 e. The average molecular weight is 409 g/mol. The molecule has 0 bridgehead atoms. The molecule has 2 N–H and O–H groups in total. The predicted molar refractivity (Wildman–Crippen MR) is 109 cm³/mol. The van der Waals surface area contributed by atoms with E-state index >= 15 is 0 Å². The monoisotopic (exact) mass is 408 g/mol. The van der Waals surface area contributed by atoms with Gasteiger partial charge in [-0.3, -0.25) is 0 Å². The van der Waals surface area contributed by atoms with Gasteiger partial charge < -0.3 is 19.5 Å². The van der Waals surface area contributed by atoms with Crippen molar-refractivity contribution in [2.75, 3.05) is 0 Å². The van der Waals surface area contributed by atoms with Gasteiger partial charge in [0.05, 0.1) is 12.3 Å². The quantitative estimate of drug-likeness (QED) is 0.542. The number of halogens is 1. The van der Waals surface area contributed by atoms with Crippen LogP contribution in [0.15, 0.2) is 24.3 Å². The number of unbranched alkanes of at least 4 members (excludes halogenated alkanes) is 2. The molecule has 2 aromatic rings. The van der Waals surface area contributed by atoms with E-state index < -0.39 is 12.1 Å². The van der Waals surface area contributed by atoms with E-state index in [9.17, 15) is 15.0 Å². The highest BCUT2D eigenvalue weighted by Gasteiger charge is 2.19. The molecule has 0 radical (unpaired) electrons. The first-order chi connectivity index (χ1) is 13.5. The van der Waals surface area contributed by atoms with Crippen molar-refractivity contribution in [3.8, 4) is 5.75 Å². The van der Waals surface area contributed by atoms with Crippen LogP contribution in [0.5, 0.6) is 5.75 Å². The first kappa shape index (κ1) is 22.2.